The van der Waals surface area contributed by atoms with E-state index in [2.05, 4.69) is 0 Å². The van der Waals surface area contributed by atoms with Gasteiger partial charge in [-0.25, -0.2) is 0 Å². The van der Waals surface area contributed by atoms with Crippen molar-refractivity contribution in [3.05, 3.63) is 22.2 Å². The van der Waals surface area contributed by atoms with Crippen LogP contribution in [0.25, 0.3) is 0 Å². The third-order valence-corrected chi connectivity index (χ3v) is 8.61. The van der Waals surface area contributed by atoms with Crippen molar-refractivity contribution >= 4 is 81.2 Å². The summed E-state index contributed by atoms with van der Waals surface area (Å²) in [6, 6.07) is 0. The normalized spacial score (nSPS) is 54.6. The predicted molar refractivity (Wildman–Crippen MR) is 76.1 cm³/mol. The van der Waals surface area contributed by atoms with Gasteiger partial charge in [0.25, 0.3) is 0 Å². The summed E-state index contributed by atoms with van der Waals surface area (Å²) in [5.74, 6) is -0.470. The van der Waals surface area contributed by atoms with Gasteiger partial charge >= 0.3 is 0 Å². The molecule has 0 nitrogen and oxygen atoms in total. The lowest BCUT2D eigenvalue weighted by Gasteiger charge is -2.34. The van der Waals surface area contributed by atoms with Crippen LogP contribution >= 0.6 is 81.2 Å². The molecule has 0 saturated heterocycles. The molecule has 0 heterocycles. The molecule has 1 fully saturated rings. The Morgan fingerprint density at radius 2 is 1.41 bits per heavy atom. The van der Waals surface area contributed by atoms with Crippen LogP contribution in [0.1, 0.15) is 0 Å². The molecule has 0 aliphatic heterocycles. The Balaban J connectivity index is 2.32. The molecule has 3 aliphatic rings. The third kappa shape index (κ3) is 1.15. The Morgan fingerprint density at radius 1 is 0.882 bits per heavy atom. The molecule has 0 radical (unpaired) electrons. The maximum atomic E-state index is 6.57. The molecule has 3 rings (SSSR count). The standard InChI is InChI=1S/C10H5Cl7/c11-4-2-1-3-5(4)9(15)7(13)6(12)8(3,14)10(9,16)17/h1-5H/t3-,4-,5-,8-,9+/m0/s1. The molecular formula is C10H5Cl7. The molecule has 17 heavy (non-hydrogen) atoms. The first-order valence-electron chi connectivity index (χ1n) is 4.85. The topological polar surface area (TPSA) is 0 Å². The fourth-order valence-corrected chi connectivity index (χ4v) is 6.60. The van der Waals surface area contributed by atoms with Crippen molar-refractivity contribution in [3.8, 4) is 0 Å². The minimum absolute atomic E-state index is 0.205. The van der Waals surface area contributed by atoms with Gasteiger partial charge in [0.15, 0.2) is 4.33 Å². The summed E-state index contributed by atoms with van der Waals surface area (Å²) in [5, 5.41) is 0.113. The maximum Gasteiger partial charge on any atom is 0.167 e. The lowest BCUT2D eigenvalue weighted by molar-refractivity contribution is 0.420. The van der Waals surface area contributed by atoms with Crippen molar-refractivity contribution in [3.63, 3.8) is 0 Å². The fraction of sp³-hybridized carbons (Fsp3) is 0.600. The van der Waals surface area contributed by atoms with E-state index in [1.165, 1.54) is 0 Å². The van der Waals surface area contributed by atoms with E-state index in [1.807, 2.05) is 12.2 Å². The van der Waals surface area contributed by atoms with E-state index in [0.29, 0.717) is 0 Å². The smallest absolute Gasteiger partial charge is 0.118 e. The van der Waals surface area contributed by atoms with E-state index in [4.69, 9.17) is 81.2 Å². The van der Waals surface area contributed by atoms with Crippen molar-refractivity contribution in [2.45, 2.75) is 19.5 Å². The average molecular weight is 373 g/mol. The van der Waals surface area contributed by atoms with Gasteiger partial charge in [0.05, 0.1) is 15.4 Å². The second kappa shape index (κ2) is 3.58. The van der Waals surface area contributed by atoms with Crippen LogP contribution in [-0.4, -0.2) is 19.5 Å². The van der Waals surface area contributed by atoms with E-state index in [9.17, 15) is 0 Å². The zero-order chi connectivity index (χ0) is 12.8. The largest absolute Gasteiger partial charge is 0.167 e. The number of alkyl halides is 5. The third-order valence-electron chi connectivity index (χ3n) is 3.90. The quantitative estimate of drug-likeness (QED) is 0.402. The Hall–Kier alpha value is 1.51. The molecule has 1 saturated carbocycles. The molecule has 0 spiro atoms. The lowest BCUT2D eigenvalue weighted by atomic mass is 9.84. The maximum absolute atomic E-state index is 6.57. The second-order valence-electron chi connectivity index (χ2n) is 4.51. The molecule has 0 amide bonds. The summed E-state index contributed by atoms with van der Waals surface area (Å²) >= 11 is 44.5. The number of halogens is 7. The van der Waals surface area contributed by atoms with Crippen LogP contribution in [0.2, 0.25) is 0 Å². The predicted octanol–water partition coefficient (Wildman–Crippen LogP) is 5.24. The first-order chi connectivity index (χ1) is 7.70. The van der Waals surface area contributed by atoms with Crippen LogP contribution in [0.15, 0.2) is 22.2 Å². The van der Waals surface area contributed by atoms with Gasteiger partial charge in [-0.1, -0.05) is 58.6 Å². The Bertz CT molecular complexity index is 467. The molecular weight excluding hydrogens is 368 g/mol. The van der Waals surface area contributed by atoms with E-state index < -0.39 is 14.1 Å². The van der Waals surface area contributed by atoms with Gasteiger partial charge in [-0.3, -0.25) is 0 Å². The molecule has 0 N–H and O–H groups in total. The summed E-state index contributed by atoms with van der Waals surface area (Å²) in [6.45, 7) is 0. The van der Waals surface area contributed by atoms with Gasteiger partial charge in [-0.05, 0) is 0 Å². The number of allylic oxidation sites excluding steroid dienone is 4. The molecule has 0 aromatic rings. The molecule has 3 aliphatic carbocycles. The molecule has 0 aromatic heterocycles. The van der Waals surface area contributed by atoms with Crippen LogP contribution in [0.3, 0.4) is 0 Å². The highest BCUT2D eigenvalue weighted by molar-refractivity contribution is 6.66. The van der Waals surface area contributed by atoms with Crippen molar-refractivity contribution in [2.75, 3.05) is 0 Å². The minimum Gasteiger partial charge on any atom is -0.118 e. The average Bonchev–Trinajstić information content (AvgIpc) is 2.73. The summed E-state index contributed by atoms with van der Waals surface area (Å²) in [5.41, 5.74) is 0. The zero-order valence-electron chi connectivity index (χ0n) is 8.03. The number of hydrogen-bond acceptors (Lipinski definition) is 0. The van der Waals surface area contributed by atoms with Gasteiger partial charge in [0.1, 0.15) is 9.75 Å². The number of fused-ring (bicyclic) bond motifs is 5. The minimum atomic E-state index is -1.48. The second-order valence-corrected chi connectivity index (χ2v) is 8.29. The van der Waals surface area contributed by atoms with Crippen LogP contribution < -0.4 is 0 Å². The summed E-state index contributed by atoms with van der Waals surface area (Å²) in [7, 11) is 0. The molecule has 2 bridgehead atoms. The van der Waals surface area contributed by atoms with Crippen molar-refractivity contribution in [2.24, 2.45) is 11.8 Å². The van der Waals surface area contributed by atoms with Gasteiger partial charge in [0.2, 0.25) is 0 Å². The van der Waals surface area contributed by atoms with Crippen molar-refractivity contribution in [1.82, 2.24) is 0 Å². The van der Waals surface area contributed by atoms with Gasteiger partial charge < -0.3 is 0 Å². The zero-order valence-corrected chi connectivity index (χ0v) is 13.3. The molecule has 0 aromatic carbocycles. The van der Waals surface area contributed by atoms with Crippen molar-refractivity contribution in [1.29, 1.82) is 0 Å². The van der Waals surface area contributed by atoms with E-state index in [0.717, 1.165) is 0 Å². The summed E-state index contributed by atoms with van der Waals surface area (Å²) in [6.07, 6.45) is 3.69. The molecule has 0 unspecified atom stereocenters. The van der Waals surface area contributed by atoms with Crippen LogP contribution in [-0.2, 0) is 0 Å². The highest BCUT2D eigenvalue weighted by atomic mass is 35.5. The Labute approximate surface area is 134 Å². The van der Waals surface area contributed by atoms with E-state index in [1.54, 1.807) is 0 Å². The molecule has 7 heteroatoms. The molecule has 5 atom stereocenters. The monoisotopic (exact) mass is 370 g/mol. The Kier molecular flexibility index (Phi) is 2.84. The first-order valence-corrected chi connectivity index (χ1v) is 7.55. The van der Waals surface area contributed by atoms with Crippen LogP contribution in [0.4, 0.5) is 0 Å². The summed E-state index contributed by atoms with van der Waals surface area (Å²) in [4.78, 5) is -2.45. The molecule has 94 valence electrons. The number of hydrogen-bond donors (Lipinski definition) is 0. The first kappa shape index (κ1) is 13.5. The lowest BCUT2D eigenvalue weighted by Crippen LogP contribution is -2.45. The highest BCUT2D eigenvalue weighted by Gasteiger charge is 2.83. The van der Waals surface area contributed by atoms with E-state index >= 15 is 0 Å². The highest BCUT2D eigenvalue weighted by Crippen LogP contribution is 2.78. The fourth-order valence-electron chi connectivity index (χ4n) is 3.08. The Morgan fingerprint density at radius 3 is 2.00 bits per heavy atom. The van der Waals surface area contributed by atoms with Crippen LogP contribution in [0, 0.1) is 11.8 Å². The SMILES string of the molecule is ClC1=C(Cl)[C@]2(Cl)[C@@H]3[C@@H](Cl)C=C[C@@H]3[C@@]1(Cl)C2(Cl)Cl. The van der Waals surface area contributed by atoms with E-state index in [-0.39, 0.29) is 27.3 Å². The van der Waals surface area contributed by atoms with Gasteiger partial charge in [0, 0.05) is 11.8 Å². The van der Waals surface area contributed by atoms with Crippen LogP contribution in [0.5, 0.6) is 0 Å². The number of rotatable bonds is 0. The van der Waals surface area contributed by atoms with Gasteiger partial charge in [-0.15, -0.1) is 34.8 Å². The summed E-state index contributed by atoms with van der Waals surface area (Å²) < 4.78 is -1.48. The van der Waals surface area contributed by atoms with Crippen molar-refractivity contribution < 1.29 is 0 Å². The van der Waals surface area contributed by atoms with Gasteiger partial charge in [-0.2, -0.15) is 0 Å².